The minimum atomic E-state index is -3.33. The van der Waals surface area contributed by atoms with Gasteiger partial charge in [-0.1, -0.05) is 12.1 Å². The number of nitrogens with zero attached hydrogens (tertiary/aromatic N) is 3. The highest BCUT2D eigenvalue weighted by atomic mass is 32.2. The highest BCUT2D eigenvalue weighted by Gasteiger charge is 2.30. The van der Waals surface area contributed by atoms with Crippen molar-refractivity contribution in [2.75, 3.05) is 40.3 Å². The van der Waals surface area contributed by atoms with Gasteiger partial charge in [-0.25, -0.2) is 4.39 Å². The molecule has 118 valence electrons. The lowest BCUT2D eigenvalue weighted by atomic mass is 10.1. The summed E-state index contributed by atoms with van der Waals surface area (Å²) in [7, 11) is -0.240. The molecular weight excluding hydrogens is 293 g/mol. The average molecular weight is 315 g/mol. The summed E-state index contributed by atoms with van der Waals surface area (Å²) in [5.74, 6) is -0.243. The summed E-state index contributed by atoms with van der Waals surface area (Å²) in [6.07, 6.45) is 0. The fraction of sp³-hybridized carbons (Fsp3) is 0.571. The lowest BCUT2D eigenvalue weighted by molar-refractivity contribution is 0.143. The number of hydrogen-bond donors (Lipinski definition) is 0. The Morgan fingerprint density at radius 2 is 1.62 bits per heavy atom. The third-order valence-electron chi connectivity index (χ3n) is 3.96. The van der Waals surface area contributed by atoms with Crippen LogP contribution in [0.5, 0.6) is 0 Å². The summed E-state index contributed by atoms with van der Waals surface area (Å²) in [4.78, 5) is 2.22. The average Bonchev–Trinajstić information content (AvgIpc) is 2.47. The molecule has 1 heterocycles. The Morgan fingerprint density at radius 3 is 2.10 bits per heavy atom. The normalized spacial score (nSPS) is 19.9. The van der Waals surface area contributed by atoms with E-state index in [0.29, 0.717) is 26.2 Å². The van der Waals surface area contributed by atoms with Crippen molar-refractivity contribution in [1.29, 1.82) is 0 Å². The minimum absolute atomic E-state index is 0.148. The van der Waals surface area contributed by atoms with E-state index < -0.39 is 10.2 Å². The summed E-state index contributed by atoms with van der Waals surface area (Å²) >= 11 is 0. The van der Waals surface area contributed by atoms with E-state index in [-0.39, 0.29) is 11.9 Å². The molecule has 2 rings (SSSR count). The molecule has 0 amide bonds. The van der Waals surface area contributed by atoms with Crippen LogP contribution in [0.4, 0.5) is 4.39 Å². The molecule has 0 bridgehead atoms. The van der Waals surface area contributed by atoms with Crippen LogP contribution in [0.15, 0.2) is 24.3 Å². The maximum absolute atomic E-state index is 13.0. The molecule has 0 aromatic heterocycles. The number of hydrogen-bond acceptors (Lipinski definition) is 3. The Balaban J connectivity index is 1.99. The summed E-state index contributed by atoms with van der Waals surface area (Å²) in [6.45, 7) is 4.36. The first-order valence-corrected chi connectivity index (χ1v) is 8.39. The van der Waals surface area contributed by atoms with E-state index in [1.54, 1.807) is 26.2 Å². The third-order valence-corrected chi connectivity index (χ3v) is 5.90. The van der Waals surface area contributed by atoms with Gasteiger partial charge in [-0.3, -0.25) is 4.90 Å². The van der Waals surface area contributed by atoms with Crippen molar-refractivity contribution >= 4 is 10.2 Å². The van der Waals surface area contributed by atoms with Gasteiger partial charge in [0.05, 0.1) is 0 Å². The van der Waals surface area contributed by atoms with Gasteiger partial charge in [0.1, 0.15) is 5.82 Å². The van der Waals surface area contributed by atoms with E-state index in [9.17, 15) is 12.8 Å². The summed E-state index contributed by atoms with van der Waals surface area (Å²) in [6, 6.07) is 6.62. The maximum atomic E-state index is 13.0. The van der Waals surface area contributed by atoms with E-state index in [1.807, 2.05) is 0 Å². The van der Waals surface area contributed by atoms with E-state index in [4.69, 9.17) is 0 Å². The topological polar surface area (TPSA) is 43.9 Å². The smallest absolute Gasteiger partial charge is 0.281 e. The van der Waals surface area contributed by atoms with Crippen LogP contribution in [0.3, 0.4) is 0 Å². The van der Waals surface area contributed by atoms with E-state index in [1.165, 1.54) is 20.7 Å². The zero-order valence-corrected chi connectivity index (χ0v) is 13.5. The fourth-order valence-corrected chi connectivity index (χ4v) is 3.59. The summed E-state index contributed by atoms with van der Waals surface area (Å²) in [5, 5.41) is 0. The molecule has 1 aromatic carbocycles. The van der Waals surface area contributed by atoms with Crippen molar-refractivity contribution in [3.63, 3.8) is 0 Å². The second-order valence-electron chi connectivity index (χ2n) is 5.45. The predicted molar refractivity (Wildman–Crippen MR) is 80.6 cm³/mol. The van der Waals surface area contributed by atoms with Crippen LogP contribution in [0.25, 0.3) is 0 Å². The Labute approximate surface area is 126 Å². The fourth-order valence-electron chi connectivity index (χ4n) is 2.50. The molecule has 0 saturated carbocycles. The summed E-state index contributed by atoms with van der Waals surface area (Å²) < 4.78 is 39.8. The van der Waals surface area contributed by atoms with Crippen molar-refractivity contribution in [2.24, 2.45) is 0 Å². The van der Waals surface area contributed by atoms with Crippen molar-refractivity contribution in [1.82, 2.24) is 13.5 Å². The quantitative estimate of drug-likeness (QED) is 0.841. The molecule has 0 N–H and O–H groups in total. The van der Waals surface area contributed by atoms with Gasteiger partial charge in [-0.15, -0.1) is 0 Å². The molecule has 0 radical (unpaired) electrons. The second-order valence-corrected chi connectivity index (χ2v) is 7.60. The first-order chi connectivity index (χ1) is 9.82. The Kier molecular flexibility index (Phi) is 4.98. The van der Waals surface area contributed by atoms with Gasteiger partial charge in [0.15, 0.2) is 0 Å². The molecule has 7 heteroatoms. The maximum Gasteiger partial charge on any atom is 0.281 e. The number of rotatable bonds is 4. The number of halogens is 1. The zero-order chi connectivity index (χ0) is 15.6. The SMILES string of the molecule is C[C@@H](c1ccc(F)cc1)N1CCN(S(=O)(=O)N(C)C)CC1. The largest absolute Gasteiger partial charge is 0.294 e. The lowest BCUT2D eigenvalue weighted by Crippen LogP contribution is -2.52. The van der Waals surface area contributed by atoms with Gasteiger partial charge in [0.25, 0.3) is 10.2 Å². The molecule has 0 aliphatic carbocycles. The number of piperazine rings is 1. The molecule has 1 aliphatic heterocycles. The molecule has 21 heavy (non-hydrogen) atoms. The van der Waals surface area contributed by atoms with E-state index >= 15 is 0 Å². The van der Waals surface area contributed by atoms with Gasteiger partial charge < -0.3 is 0 Å². The van der Waals surface area contributed by atoms with Gasteiger partial charge in [-0.2, -0.15) is 17.0 Å². The first kappa shape index (κ1) is 16.4. The second kappa shape index (κ2) is 6.39. The van der Waals surface area contributed by atoms with Crippen molar-refractivity contribution < 1.29 is 12.8 Å². The predicted octanol–water partition coefficient (Wildman–Crippen LogP) is 1.31. The van der Waals surface area contributed by atoms with Crippen LogP contribution in [0.2, 0.25) is 0 Å². The van der Waals surface area contributed by atoms with Gasteiger partial charge in [-0.05, 0) is 24.6 Å². The highest BCUT2D eigenvalue weighted by molar-refractivity contribution is 7.86. The van der Waals surface area contributed by atoms with Crippen LogP contribution >= 0.6 is 0 Å². The molecule has 1 atom stereocenters. The number of benzene rings is 1. The molecule has 1 aromatic rings. The molecule has 5 nitrogen and oxygen atoms in total. The van der Waals surface area contributed by atoms with Gasteiger partial charge in [0, 0.05) is 46.3 Å². The summed E-state index contributed by atoms with van der Waals surface area (Å²) in [5.41, 5.74) is 1.04. The lowest BCUT2D eigenvalue weighted by Gasteiger charge is -2.38. The van der Waals surface area contributed by atoms with Crippen LogP contribution in [-0.4, -0.2) is 62.2 Å². The van der Waals surface area contributed by atoms with Crippen molar-refractivity contribution in [2.45, 2.75) is 13.0 Å². The van der Waals surface area contributed by atoms with Gasteiger partial charge in [0.2, 0.25) is 0 Å². The standard InChI is InChI=1S/C14H22FN3O2S/c1-12(13-4-6-14(15)7-5-13)17-8-10-18(11-9-17)21(19,20)16(2)3/h4-7,12H,8-11H2,1-3H3/t12-/m0/s1. The van der Waals surface area contributed by atoms with Crippen molar-refractivity contribution in [3.05, 3.63) is 35.6 Å². The van der Waals surface area contributed by atoms with Gasteiger partial charge >= 0.3 is 0 Å². The van der Waals surface area contributed by atoms with E-state index in [0.717, 1.165) is 5.56 Å². The first-order valence-electron chi connectivity index (χ1n) is 6.99. The van der Waals surface area contributed by atoms with Crippen LogP contribution in [0.1, 0.15) is 18.5 Å². The minimum Gasteiger partial charge on any atom is -0.294 e. The van der Waals surface area contributed by atoms with E-state index in [2.05, 4.69) is 11.8 Å². The molecular formula is C14H22FN3O2S. The highest BCUT2D eigenvalue weighted by Crippen LogP contribution is 2.22. The van der Waals surface area contributed by atoms with Crippen LogP contribution in [-0.2, 0) is 10.2 Å². The Morgan fingerprint density at radius 1 is 1.10 bits per heavy atom. The molecule has 1 aliphatic rings. The molecule has 0 spiro atoms. The zero-order valence-electron chi connectivity index (χ0n) is 12.7. The molecule has 1 fully saturated rings. The third kappa shape index (κ3) is 3.60. The van der Waals surface area contributed by atoms with Crippen LogP contribution in [0, 0.1) is 5.82 Å². The Bertz CT molecular complexity index is 566. The van der Waals surface area contributed by atoms with Crippen molar-refractivity contribution in [3.8, 4) is 0 Å². The Hall–Kier alpha value is -1.02. The van der Waals surface area contributed by atoms with Crippen LogP contribution < -0.4 is 0 Å². The monoisotopic (exact) mass is 315 g/mol. The molecule has 0 unspecified atom stereocenters. The molecule has 1 saturated heterocycles.